The molecule has 4 atom stereocenters. The van der Waals surface area contributed by atoms with Gasteiger partial charge in [0.15, 0.2) is 23.2 Å². The summed E-state index contributed by atoms with van der Waals surface area (Å²) >= 11 is 8.38. The predicted octanol–water partition coefficient (Wildman–Crippen LogP) is 1.67. The second-order valence-corrected chi connectivity index (χ2v) is 8.63. The molecule has 170 valence electrons. The van der Waals surface area contributed by atoms with Gasteiger partial charge in [-0.1, -0.05) is 12.1 Å². The first-order valence-corrected chi connectivity index (χ1v) is 11.1. The number of aliphatic hydroxyl groups is 2. The lowest BCUT2D eigenvalue weighted by molar-refractivity contribution is -0.0531. The summed E-state index contributed by atoms with van der Waals surface area (Å²) in [5.41, 5.74) is 1.80. The van der Waals surface area contributed by atoms with Crippen LogP contribution in [0, 0.1) is 3.57 Å². The van der Waals surface area contributed by atoms with E-state index in [-0.39, 0.29) is 11.9 Å². The van der Waals surface area contributed by atoms with Crippen LogP contribution >= 0.6 is 34.2 Å². The van der Waals surface area contributed by atoms with Crippen LogP contribution in [0.1, 0.15) is 11.8 Å². The summed E-state index contributed by atoms with van der Waals surface area (Å²) in [5, 5.41) is 26.4. The average Bonchev–Trinajstić information content (AvgIpc) is 3.31. The number of alkyl carbamates (subject to hydrolysis) is 1. The standard InChI is InChI=1S/C19H20ClIN6O5/c1-22-19(30)31-7-11-13(28)14(29)17(32-11)27-8-24-12-15(25-18(20)26-16(12)27)23-6-9-3-2-4-10(21)5-9/h2-5,8,11,13-14,17,28-29H,6-7H2,1H3,(H,22,30)(H,23,25,26)/t11-,13-,14-,17?/m1/s1. The summed E-state index contributed by atoms with van der Waals surface area (Å²) in [6.07, 6.45) is -3.77. The number of halogens is 2. The predicted molar refractivity (Wildman–Crippen MR) is 123 cm³/mol. The quantitative estimate of drug-likeness (QED) is 0.255. The summed E-state index contributed by atoms with van der Waals surface area (Å²) < 4.78 is 13.3. The highest BCUT2D eigenvalue weighted by atomic mass is 127. The van der Waals surface area contributed by atoms with E-state index in [4.69, 9.17) is 21.1 Å². The van der Waals surface area contributed by atoms with Crippen molar-refractivity contribution in [3.05, 3.63) is 45.0 Å². The van der Waals surface area contributed by atoms with Gasteiger partial charge in [0.1, 0.15) is 24.9 Å². The van der Waals surface area contributed by atoms with Gasteiger partial charge in [-0.3, -0.25) is 4.57 Å². The van der Waals surface area contributed by atoms with Crippen LogP contribution in [0.2, 0.25) is 5.28 Å². The number of rotatable bonds is 6. The Morgan fingerprint density at radius 3 is 2.91 bits per heavy atom. The minimum absolute atomic E-state index is 0.0167. The molecule has 1 aliphatic heterocycles. The fourth-order valence-corrected chi connectivity index (χ4v) is 4.13. The zero-order chi connectivity index (χ0) is 22.8. The van der Waals surface area contributed by atoms with Gasteiger partial charge in [0.25, 0.3) is 0 Å². The first kappa shape index (κ1) is 22.9. The van der Waals surface area contributed by atoms with E-state index in [1.807, 2.05) is 24.3 Å². The number of carbonyl (C=O) groups is 1. The van der Waals surface area contributed by atoms with Gasteiger partial charge >= 0.3 is 6.09 Å². The number of imidazole rings is 1. The van der Waals surface area contributed by atoms with Crippen LogP contribution in [-0.2, 0) is 16.0 Å². The Labute approximate surface area is 201 Å². The first-order chi connectivity index (χ1) is 15.4. The molecule has 3 heterocycles. The zero-order valence-corrected chi connectivity index (χ0v) is 19.7. The lowest BCUT2D eigenvalue weighted by Gasteiger charge is -2.16. The van der Waals surface area contributed by atoms with Gasteiger partial charge in [-0.25, -0.2) is 9.78 Å². The molecule has 0 saturated carbocycles. The van der Waals surface area contributed by atoms with E-state index >= 15 is 0 Å². The van der Waals surface area contributed by atoms with Gasteiger partial charge in [-0.15, -0.1) is 0 Å². The second-order valence-electron chi connectivity index (χ2n) is 7.04. The highest BCUT2D eigenvalue weighted by Crippen LogP contribution is 2.33. The zero-order valence-electron chi connectivity index (χ0n) is 16.8. The van der Waals surface area contributed by atoms with Crippen molar-refractivity contribution >= 4 is 57.3 Å². The lowest BCUT2D eigenvalue weighted by atomic mass is 10.1. The van der Waals surface area contributed by atoms with Crippen molar-refractivity contribution in [2.45, 2.75) is 31.1 Å². The molecule has 1 aromatic carbocycles. The largest absolute Gasteiger partial charge is 0.447 e. The SMILES string of the molecule is CNC(=O)OC[C@H]1OC(n2cnc3c(NCc4cccc(I)c4)nc(Cl)nc32)[C@H](O)[C@@H]1O. The number of aliphatic hydroxyl groups excluding tert-OH is 2. The van der Waals surface area contributed by atoms with Crippen molar-refractivity contribution in [2.24, 2.45) is 0 Å². The molecule has 4 rings (SSSR count). The minimum atomic E-state index is -1.30. The van der Waals surface area contributed by atoms with Crippen LogP contribution in [-0.4, -0.2) is 67.8 Å². The summed E-state index contributed by atoms with van der Waals surface area (Å²) in [4.78, 5) is 24.1. The minimum Gasteiger partial charge on any atom is -0.447 e. The Morgan fingerprint density at radius 2 is 2.16 bits per heavy atom. The van der Waals surface area contributed by atoms with E-state index in [1.165, 1.54) is 17.9 Å². The molecule has 1 amide bonds. The Morgan fingerprint density at radius 1 is 1.34 bits per heavy atom. The average molecular weight is 575 g/mol. The van der Waals surface area contributed by atoms with E-state index in [2.05, 4.69) is 48.2 Å². The van der Waals surface area contributed by atoms with E-state index in [0.29, 0.717) is 23.5 Å². The maximum atomic E-state index is 11.3. The molecule has 1 fully saturated rings. The van der Waals surface area contributed by atoms with Crippen molar-refractivity contribution in [1.29, 1.82) is 0 Å². The third-order valence-corrected chi connectivity index (χ3v) is 5.78. The van der Waals surface area contributed by atoms with Crippen LogP contribution < -0.4 is 10.6 Å². The number of fused-ring (bicyclic) bond motifs is 1. The topological polar surface area (TPSA) is 144 Å². The van der Waals surface area contributed by atoms with Crippen LogP contribution in [0.5, 0.6) is 0 Å². The van der Waals surface area contributed by atoms with Crippen LogP contribution in [0.15, 0.2) is 30.6 Å². The summed E-state index contributed by atoms with van der Waals surface area (Å²) in [6.45, 7) is 0.256. The summed E-state index contributed by atoms with van der Waals surface area (Å²) in [6, 6.07) is 7.99. The third kappa shape index (κ3) is 4.73. The van der Waals surface area contributed by atoms with Gasteiger partial charge in [0.05, 0.1) is 6.33 Å². The summed E-state index contributed by atoms with van der Waals surface area (Å²) in [7, 11) is 1.41. The Kier molecular flexibility index (Phi) is 6.95. The number of benzene rings is 1. The van der Waals surface area contributed by atoms with Crippen LogP contribution in [0.4, 0.5) is 10.6 Å². The first-order valence-electron chi connectivity index (χ1n) is 9.62. The Bertz CT molecular complexity index is 1130. The fourth-order valence-electron chi connectivity index (χ4n) is 3.36. The molecule has 11 nitrogen and oxygen atoms in total. The van der Waals surface area contributed by atoms with Crippen molar-refractivity contribution < 1.29 is 24.5 Å². The van der Waals surface area contributed by atoms with Crippen LogP contribution in [0.3, 0.4) is 0 Å². The molecule has 13 heteroatoms. The van der Waals surface area contributed by atoms with Crippen molar-refractivity contribution in [2.75, 3.05) is 19.0 Å². The van der Waals surface area contributed by atoms with Gasteiger partial charge in [0.2, 0.25) is 5.28 Å². The lowest BCUT2D eigenvalue weighted by Crippen LogP contribution is -2.35. The van der Waals surface area contributed by atoms with Gasteiger partial charge < -0.3 is 30.3 Å². The number of carbonyl (C=O) groups excluding carboxylic acids is 1. The highest BCUT2D eigenvalue weighted by Gasteiger charge is 2.45. The fraction of sp³-hybridized carbons (Fsp3) is 0.368. The molecular weight excluding hydrogens is 555 g/mol. The van der Waals surface area contributed by atoms with Crippen LogP contribution in [0.25, 0.3) is 11.2 Å². The van der Waals surface area contributed by atoms with E-state index in [1.54, 1.807) is 0 Å². The van der Waals surface area contributed by atoms with E-state index in [0.717, 1.165) is 9.13 Å². The molecule has 1 aliphatic rings. The van der Waals surface area contributed by atoms with E-state index in [9.17, 15) is 15.0 Å². The normalized spacial score (nSPS) is 22.8. The molecule has 3 aromatic rings. The number of nitrogens with one attached hydrogen (secondary N) is 2. The maximum absolute atomic E-state index is 11.3. The molecule has 2 aromatic heterocycles. The van der Waals surface area contributed by atoms with Crippen molar-refractivity contribution in [3.8, 4) is 0 Å². The molecule has 0 radical (unpaired) electrons. The monoisotopic (exact) mass is 574 g/mol. The molecule has 1 saturated heterocycles. The third-order valence-electron chi connectivity index (χ3n) is 4.94. The summed E-state index contributed by atoms with van der Waals surface area (Å²) in [5.74, 6) is 0.421. The number of hydrogen-bond donors (Lipinski definition) is 4. The molecule has 0 bridgehead atoms. The molecule has 4 N–H and O–H groups in total. The highest BCUT2D eigenvalue weighted by molar-refractivity contribution is 14.1. The number of amides is 1. The van der Waals surface area contributed by atoms with E-state index < -0.39 is 30.6 Å². The molecule has 32 heavy (non-hydrogen) atoms. The smallest absolute Gasteiger partial charge is 0.406 e. The Hall–Kier alpha value is -2.26. The Balaban J connectivity index is 1.57. The number of anilines is 1. The molecule has 1 unspecified atom stereocenters. The number of ether oxygens (including phenoxy) is 2. The van der Waals surface area contributed by atoms with Gasteiger partial charge in [0, 0.05) is 17.2 Å². The van der Waals surface area contributed by atoms with Gasteiger partial charge in [-0.05, 0) is 51.9 Å². The molecule has 0 spiro atoms. The van der Waals surface area contributed by atoms with Gasteiger partial charge in [-0.2, -0.15) is 9.97 Å². The number of nitrogens with zero attached hydrogens (tertiary/aromatic N) is 4. The van der Waals surface area contributed by atoms with Crippen molar-refractivity contribution in [3.63, 3.8) is 0 Å². The van der Waals surface area contributed by atoms with Crippen molar-refractivity contribution in [1.82, 2.24) is 24.8 Å². The number of aromatic nitrogens is 4. The maximum Gasteiger partial charge on any atom is 0.406 e. The molecular formula is C19H20ClIN6O5. The number of hydrogen-bond acceptors (Lipinski definition) is 9. The second kappa shape index (κ2) is 9.70. The molecule has 0 aliphatic carbocycles.